The van der Waals surface area contributed by atoms with Crippen LogP contribution in [0.15, 0.2) is 24.3 Å². The Morgan fingerprint density at radius 2 is 1.84 bits per heavy atom. The summed E-state index contributed by atoms with van der Waals surface area (Å²) in [5.41, 5.74) is 2.43. The van der Waals surface area contributed by atoms with Gasteiger partial charge < -0.3 is 14.2 Å². The molecule has 0 aliphatic rings. The molecule has 0 aliphatic heterocycles. The highest BCUT2D eigenvalue weighted by Crippen LogP contribution is 2.31. The third kappa shape index (κ3) is 2.76. The van der Waals surface area contributed by atoms with E-state index in [0.29, 0.717) is 0 Å². The van der Waals surface area contributed by atoms with Crippen molar-refractivity contribution in [3.8, 4) is 5.75 Å². The van der Waals surface area contributed by atoms with Gasteiger partial charge in [0.2, 0.25) is 0 Å². The zero-order valence-electron chi connectivity index (χ0n) is 12.4. The number of ether oxygens (including phenoxy) is 1. The number of aryl methyl sites for hydroxylation is 1. The molecule has 0 N–H and O–H groups in total. The quantitative estimate of drug-likeness (QED) is 0.793. The van der Waals surface area contributed by atoms with Crippen LogP contribution in [0.4, 0.5) is 0 Å². The fourth-order valence-electron chi connectivity index (χ4n) is 2.48. The molecule has 3 nitrogen and oxygen atoms in total. The van der Waals surface area contributed by atoms with Gasteiger partial charge in [0.25, 0.3) is 0 Å². The van der Waals surface area contributed by atoms with Gasteiger partial charge in [-0.25, -0.2) is 0 Å². The van der Waals surface area contributed by atoms with E-state index >= 15 is 0 Å². The van der Waals surface area contributed by atoms with E-state index in [1.807, 2.05) is 0 Å². The summed E-state index contributed by atoms with van der Waals surface area (Å²) in [7, 11) is 2.09. The maximum atomic E-state index is 6.04. The van der Waals surface area contributed by atoms with E-state index in [1.54, 1.807) is 0 Å². The van der Waals surface area contributed by atoms with Gasteiger partial charge in [-0.1, -0.05) is 26.0 Å². The van der Waals surface area contributed by atoms with Crippen LogP contribution in [0.1, 0.15) is 19.5 Å². The molecular weight excluding hydrogens is 236 g/mol. The van der Waals surface area contributed by atoms with Crippen molar-refractivity contribution >= 4 is 10.9 Å². The Morgan fingerprint density at radius 3 is 2.53 bits per heavy atom. The van der Waals surface area contributed by atoms with Crippen molar-refractivity contribution in [1.82, 2.24) is 9.47 Å². The van der Waals surface area contributed by atoms with Crippen LogP contribution in [-0.4, -0.2) is 35.7 Å². The molecule has 2 rings (SSSR count). The van der Waals surface area contributed by atoms with Crippen LogP contribution in [0.3, 0.4) is 0 Å². The zero-order valence-corrected chi connectivity index (χ0v) is 12.4. The summed E-state index contributed by atoms with van der Waals surface area (Å²) >= 11 is 0. The van der Waals surface area contributed by atoms with Crippen LogP contribution >= 0.6 is 0 Å². The number of fused-ring (bicyclic) bond motifs is 1. The molecule has 0 unspecified atom stereocenters. The Kier molecular flexibility index (Phi) is 4.48. The van der Waals surface area contributed by atoms with Gasteiger partial charge in [-0.3, -0.25) is 0 Å². The van der Waals surface area contributed by atoms with Crippen molar-refractivity contribution in [3.05, 3.63) is 30.0 Å². The predicted octanol–water partition coefficient (Wildman–Crippen LogP) is 3.21. The summed E-state index contributed by atoms with van der Waals surface area (Å²) in [6, 6.07) is 8.41. The molecule has 0 bridgehead atoms. The van der Waals surface area contributed by atoms with Crippen LogP contribution in [-0.2, 0) is 7.05 Å². The highest BCUT2D eigenvalue weighted by molar-refractivity contribution is 5.88. The topological polar surface area (TPSA) is 17.4 Å². The van der Waals surface area contributed by atoms with Gasteiger partial charge in [-0.15, -0.1) is 0 Å². The van der Waals surface area contributed by atoms with Gasteiger partial charge in [-0.2, -0.15) is 0 Å². The number of para-hydroxylation sites is 1. The molecule has 2 aromatic rings. The maximum absolute atomic E-state index is 6.04. The largest absolute Gasteiger partial charge is 0.490 e. The van der Waals surface area contributed by atoms with Crippen molar-refractivity contribution in [1.29, 1.82) is 0 Å². The summed E-state index contributed by atoms with van der Waals surface area (Å²) in [6.45, 7) is 10.4. The minimum atomic E-state index is 0.747. The second-order valence-corrected chi connectivity index (χ2v) is 4.87. The molecule has 1 heterocycles. The monoisotopic (exact) mass is 260 g/mol. The van der Waals surface area contributed by atoms with E-state index in [-0.39, 0.29) is 0 Å². The number of nitrogens with zero attached hydrogens (tertiary/aromatic N) is 2. The van der Waals surface area contributed by atoms with E-state index < -0.39 is 0 Å². The van der Waals surface area contributed by atoms with Crippen LogP contribution < -0.4 is 4.74 Å². The Bertz CT molecular complexity index is 541. The minimum Gasteiger partial charge on any atom is -0.490 e. The first-order valence-electron chi connectivity index (χ1n) is 7.08. The number of rotatable bonds is 6. The van der Waals surface area contributed by atoms with Crippen molar-refractivity contribution < 1.29 is 4.74 Å². The molecule has 0 aliphatic carbocycles. The summed E-state index contributed by atoms with van der Waals surface area (Å²) in [4.78, 5) is 2.38. The number of aromatic nitrogens is 1. The number of benzene rings is 1. The smallest absolute Gasteiger partial charge is 0.147 e. The molecule has 0 spiro atoms. The lowest BCUT2D eigenvalue weighted by Gasteiger charge is -2.18. The van der Waals surface area contributed by atoms with Gasteiger partial charge in [0, 0.05) is 19.0 Å². The Morgan fingerprint density at radius 1 is 1.16 bits per heavy atom. The highest BCUT2D eigenvalue weighted by Gasteiger charge is 2.12. The molecule has 0 radical (unpaired) electrons. The average molecular weight is 260 g/mol. The van der Waals surface area contributed by atoms with Crippen molar-refractivity contribution in [2.45, 2.75) is 20.8 Å². The Hall–Kier alpha value is -1.48. The fourth-order valence-corrected chi connectivity index (χ4v) is 2.48. The Labute approximate surface area is 115 Å². The molecule has 19 heavy (non-hydrogen) atoms. The van der Waals surface area contributed by atoms with Crippen molar-refractivity contribution in [3.63, 3.8) is 0 Å². The second-order valence-electron chi connectivity index (χ2n) is 4.87. The first-order chi connectivity index (χ1) is 9.19. The fraction of sp³-hybridized carbons (Fsp3) is 0.500. The second kappa shape index (κ2) is 6.11. The Balaban J connectivity index is 2.14. The van der Waals surface area contributed by atoms with Gasteiger partial charge in [0.1, 0.15) is 12.4 Å². The van der Waals surface area contributed by atoms with Gasteiger partial charge >= 0.3 is 0 Å². The zero-order chi connectivity index (χ0) is 13.8. The maximum Gasteiger partial charge on any atom is 0.147 e. The third-order valence-corrected chi connectivity index (χ3v) is 3.89. The molecule has 1 aromatic carbocycles. The van der Waals surface area contributed by atoms with Crippen molar-refractivity contribution in [2.24, 2.45) is 7.05 Å². The lowest BCUT2D eigenvalue weighted by molar-refractivity contribution is 0.223. The predicted molar refractivity (Wildman–Crippen MR) is 80.9 cm³/mol. The average Bonchev–Trinajstić information content (AvgIpc) is 2.69. The lowest BCUT2D eigenvalue weighted by Crippen LogP contribution is -2.27. The van der Waals surface area contributed by atoms with Crippen LogP contribution in [0.25, 0.3) is 10.9 Å². The van der Waals surface area contributed by atoms with Gasteiger partial charge in [-0.05, 0) is 32.1 Å². The summed E-state index contributed by atoms with van der Waals surface area (Å²) in [5.74, 6) is 1.03. The molecule has 1 aromatic heterocycles. The van der Waals surface area contributed by atoms with E-state index in [0.717, 1.165) is 32.0 Å². The SMILES string of the molecule is CCN(CC)CCOc1c(C)n(C)c2ccccc12. The number of hydrogen-bond donors (Lipinski definition) is 0. The number of likely N-dealkylation sites (N-methyl/N-ethyl adjacent to an activating group) is 1. The molecule has 0 atom stereocenters. The van der Waals surface area contributed by atoms with E-state index in [1.165, 1.54) is 16.6 Å². The molecule has 0 saturated heterocycles. The summed E-state index contributed by atoms with van der Waals surface area (Å²) in [6.07, 6.45) is 0. The third-order valence-electron chi connectivity index (χ3n) is 3.89. The van der Waals surface area contributed by atoms with Crippen molar-refractivity contribution in [2.75, 3.05) is 26.2 Å². The van der Waals surface area contributed by atoms with E-state index in [2.05, 4.69) is 61.6 Å². The highest BCUT2D eigenvalue weighted by atomic mass is 16.5. The van der Waals surface area contributed by atoms with Crippen LogP contribution in [0.5, 0.6) is 5.75 Å². The number of hydrogen-bond acceptors (Lipinski definition) is 2. The van der Waals surface area contributed by atoms with E-state index in [4.69, 9.17) is 4.74 Å². The molecule has 104 valence electrons. The lowest BCUT2D eigenvalue weighted by atomic mass is 10.2. The molecule has 0 saturated carbocycles. The first-order valence-corrected chi connectivity index (χ1v) is 7.08. The van der Waals surface area contributed by atoms with Gasteiger partial charge in [0.05, 0.1) is 11.2 Å². The molecular formula is C16H24N2O. The summed E-state index contributed by atoms with van der Waals surface area (Å²) in [5, 5.41) is 1.21. The molecule has 3 heteroatoms. The van der Waals surface area contributed by atoms with Crippen LogP contribution in [0, 0.1) is 6.92 Å². The molecule has 0 amide bonds. The van der Waals surface area contributed by atoms with Crippen LogP contribution in [0.2, 0.25) is 0 Å². The van der Waals surface area contributed by atoms with E-state index in [9.17, 15) is 0 Å². The standard InChI is InChI=1S/C16H24N2O/c1-5-18(6-2)11-12-19-16-13(3)17(4)15-10-8-7-9-14(15)16/h7-10H,5-6,11-12H2,1-4H3. The minimum absolute atomic E-state index is 0.747. The summed E-state index contributed by atoms with van der Waals surface area (Å²) < 4.78 is 8.24. The normalized spacial score (nSPS) is 11.4. The van der Waals surface area contributed by atoms with Gasteiger partial charge in [0.15, 0.2) is 0 Å². The first kappa shape index (κ1) is 13.9. The molecule has 0 fully saturated rings.